The number of nitrogens with one attached hydrogen (secondary N) is 1. The molecule has 5 nitrogen and oxygen atoms in total. The first-order chi connectivity index (χ1) is 14.1. The van der Waals surface area contributed by atoms with Gasteiger partial charge in [-0.3, -0.25) is 10.4 Å². The lowest BCUT2D eigenvalue weighted by Gasteiger charge is -2.32. The molecule has 1 saturated carbocycles. The van der Waals surface area contributed by atoms with Crippen LogP contribution < -0.4 is 10.2 Å². The molecule has 0 atom stereocenters. The number of rotatable bonds is 8. The number of benzene rings is 1. The van der Waals surface area contributed by atoms with Gasteiger partial charge in [-0.25, -0.2) is 4.39 Å². The van der Waals surface area contributed by atoms with Crippen molar-refractivity contribution in [2.75, 3.05) is 53.4 Å². The number of hydrogen-bond donors (Lipinski definition) is 1. The van der Waals surface area contributed by atoms with Crippen LogP contribution in [0.5, 0.6) is 5.75 Å². The van der Waals surface area contributed by atoms with Crippen molar-refractivity contribution in [1.82, 2.24) is 20.2 Å². The van der Waals surface area contributed by atoms with Crippen LogP contribution in [0.25, 0.3) is 5.70 Å². The molecule has 1 aliphatic carbocycles. The summed E-state index contributed by atoms with van der Waals surface area (Å²) in [6.45, 7) is 6.80. The zero-order valence-electron chi connectivity index (χ0n) is 17.7. The zero-order chi connectivity index (χ0) is 20.2. The molecule has 1 aromatic rings. The summed E-state index contributed by atoms with van der Waals surface area (Å²) in [7, 11) is 3.69. The molecule has 1 aromatic carbocycles. The first-order valence-corrected chi connectivity index (χ1v) is 10.8. The van der Waals surface area contributed by atoms with Gasteiger partial charge >= 0.3 is 0 Å². The van der Waals surface area contributed by atoms with Gasteiger partial charge in [0.15, 0.2) is 11.6 Å². The average Bonchev–Trinajstić information content (AvgIpc) is 3.53. The number of hydrogen-bond acceptors (Lipinski definition) is 5. The zero-order valence-corrected chi connectivity index (χ0v) is 17.7. The minimum atomic E-state index is -0.326. The topological polar surface area (TPSA) is 31.0 Å². The minimum Gasteiger partial charge on any atom is -0.494 e. The summed E-state index contributed by atoms with van der Waals surface area (Å²) in [5.74, 6) is 0.729. The molecule has 0 radical (unpaired) electrons. The molecule has 0 spiro atoms. The molecule has 4 rings (SSSR count). The van der Waals surface area contributed by atoms with Crippen molar-refractivity contribution in [3.63, 3.8) is 0 Å². The second-order valence-corrected chi connectivity index (χ2v) is 8.57. The maximum atomic E-state index is 14.2. The maximum Gasteiger partial charge on any atom is 0.165 e. The van der Waals surface area contributed by atoms with Gasteiger partial charge in [0.05, 0.1) is 12.8 Å². The second-order valence-electron chi connectivity index (χ2n) is 8.57. The molecule has 0 bridgehead atoms. The van der Waals surface area contributed by atoms with Gasteiger partial charge in [0.2, 0.25) is 0 Å². The van der Waals surface area contributed by atoms with Gasteiger partial charge in [0.25, 0.3) is 0 Å². The molecule has 2 aliphatic heterocycles. The Balaban J connectivity index is 1.41. The molecule has 0 unspecified atom stereocenters. The summed E-state index contributed by atoms with van der Waals surface area (Å²) in [5, 5.41) is 2.19. The summed E-state index contributed by atoms with van der Waals surface area (Å²) in [6, 6.07) is 5.17. The third-order valence-electron chi connectivity index (χ3n) is 6.07. The van der Waals surface area contributed by atoms with Crippen molar-refractivity contribution in [3.8, 4) is 5.75 Å². The van der Waals surface area contributed by atoms with E-state index in [-0.39, 0.29) is 11.6 Å². The Bertz CT molecular complexity index is 766. The van der Waals surface area contributed by atoms with Crippen LogP contribution in [0.3, 0.4) is 0 Å². The molecule has 0 aromatic heterocycles. The van der Waals surface area contributed by atoms with Crippen molar-refractivity contribution in [2.45, 2.75) is 25.7 Å². The molecule has 6 heteroatoms. The van der Waals surface area contributed by atoms with Crippen LogP contribution in [0.2, 0.25) is 0 Å². The molecule has 1 saturated heterocycles. The number of halogens is 1. The van der Waals surface area contributed by atoms with Gasteiger partial charge in [-0.1, -0.05) is 0 Å². The third-order valence-corrected chi connectivity index (χ3v) is 6.07. The van der Waals surface area contributed by atoms with Crippen LogP contribution in [0.1, 0.15) is 31.2 Å². The Labute approximate surface area is 173 Å². The maximum absolute atomic E-state index is 14.2. The fourth-order valence-electron chi connectivity index (χ4n) is 4.02. The first kappa shape index (κ1) is 20.2. The van der Waals surface area contributed by atoms with Crippen molar-refractivity contribution >= 4 is 5.70 Å². The summed E-state index contributed by atoms with van der Waals surface area (Å²) < 4.78 is 19.3. The molecule has 0 amide bonds. The van der Waals surface area contributed by atoms with E-state index in [0.717, 1.165) is 69.3 Å². The van der Waals surface area contributed by atoms with E-state index in [4.69, 9.17) is 4.74 Å². The Morgan fingerprint density at radius 3 is 2.66 bits per heavy atom. The number of allylic oxidation sites excluding steroid dienone is 2. The normalized spacial score (nSPS) is 20.9. The van der Waals surface area contributed by atoms with Crippen molar-refractivity contribution in [3.05, 3.63) is 47.4 Å². The number of likely N-dealkylation sites (N-methyl/N-ethyl adjacent to an activating group) is 1. The smallest absolute Gasteiger partial charge is 0.165 e. The lowest BCUT2D eigenvalue weighted by atomic mass is 10.0. The van der Waals surface area contributed by atoms with Gasteiger partial charge < -0.3 is 14.5 Å². The van der Waals surface area contributed by atoms with Crippen molar-refractivity contribution < 1.29 is 9.13 Å². The van der Waals surface area contributed by atoms with E-state index in [9.17, 15) is 4.39 Å². The molecule has 29 heavy (non-hydrogen) atoms. The first-order valence-electron chi connectivity index (χ1n) is 10.8. The van der Waals surface area contributed by atoms with E-state index in [1.54, 1.807) is 12.1 Å². The predicted octanol–water partition coefficient (Wildman–Crippen LogP) is 3.32. The fourth-order valence-corrected chi connectivity index (χ4v) is 4.02. The molecular weight excluding hydrogens is 367 g/mol. The number of methoxy groups -OCH3 is 1. The SMILES string of the molecule is COc1ccc(C2=CC(CCCN3CCN(C)CC3)=CN(CC3CC3)N2)cc1F. The Kier molecular flexibility index (Phi) is 6.40. The van der Waals surface area contributed by atoms with Crippen molar-refractivity contribution in [2.24, 2.45) is 5.92 Å². The quantitative estimate of drug-likeness (QED) is 0.724. The second kappa shape index (κ2) is 9.18. The highest BCUT2D eigenvalue weighted by atomic mass is 19.1. The predicted molar refractivity (Wildman–Crippen MR) is 115 cm³/mol. The molecule has 158 valence electrons. The lowest BCUT2D eigenvalue weighted by molar-refractivity contribution is 0.153. The van der Waals surface area contributed by atoms with Gasteiger partial charge in [-0.2, -0.15) is 0 Å². The molecular formula is C23H33FN4O. The van der Waals surface area contributed by atoms with Crippen LogP contribution >= 0.6 is 0 Å². The highest BCUT2D eigenvalue weighted by Gasteiger charge is 2.25. The van der Waals surface area contributed by atoms with E-state index in [1.165, 1.54) is 25.5 Å². The third kappa shape index (κ3) is 5.52. The van der Waals surface area contributed by atoms with E-state index >= 15 is 0 Å². The summed E-state index contributed by atoms with van der Waals surface area (Å²) >= 11 is 0. The van der Waals surface area contributed by atoms with E-state index in [1.807, 2.05) is 6.07 Å². The van der Waals surface area contributed by atoms with Gasteiger partial charge in [0, 0.05) is 44.5 Å². The van der Waals surface area contributed by atoms with Crippen LogP contribution in [0.15, 0.2) is 36.0 Å². The lowest BCUT2D eigenvalue weighted by Crippen LogP contribution is -2.44. The number of piperazine rings is 1. The number of ether oxygens (including phenoxy) is 1. The highest BCUT2D eigenvalue weighted by molar-refractivity contribution is 5.68. The van der Waals surface area contributed by atoms with E-state index in [0.29, 0.717) is 0 Å². The average molecular weight is 401 g/mol. The number of hydrazine groups is 1. The van der Waals surface area contributed by atoms with Gasteiger partial charge in [-0.05, 0) is 75.0 Å². The summed E-state index contributed by atoms with van der Waals surface area (Å²) in [5.41, 5.74) is 6.60. The largest absolute Gasteiger partial charge is 0.494 e. The standard InChI is InChI=1S/C23H33FN4O/c1-26-10-12-27(13-11-26)9-3-4-19-14-22(25-28(17-19)16-18-5-6-18)20-7-8-23(29-2)21(24)15-20/h7-8,14-15,17-18,25H,3-6,9-13,16H2,1-2H3. The van der Waals surface area contributed by atoms with Crippen molar-refractivity contribution in [1.29, 1.82) is 0 Å². The van der Waals surface area contributed by atoms with E-state index < -0.39 is 0 Å². The molecule has 2 fully saturated rings. The monoisotopic (exact) mass is 400 g/mol. The molecule has 1 N–H and O–H groups in total. The number of nitrogens with zero attached hydrogens (tertiary/aromatic N) is 3. The highest BCUT2D eigenvalue weighted by Crippen LogP contribution is 2.32. The summed E-state index contributed by atoms with van der Waals surface area (Å²) in [4.78, 5) is 4.96. The molecule has 3 aliphatic rings. The van der Waals surface area contributed by atoms with Gasteiger partial charge in [-0.15, -0.1) is 0 Å². The summed E-state index contributed by atoms with van der Waals surface area (Å²) in [6.07, 6.45) is 9.22. The Morgan fingerprint density at radius 2 is 1.97 bits per heavy atom. The minimum absolute atomic E-state index is 0.280. The van der Waals surface area contributed by atoms with E-state index in [2.05, 4.69) is 39.6 Å². The van der Waals surface area contributed by atoms with Crippen LogP contribution in [-0.4, -0.2) is 68.2 Å². The van der Waals surface area contributed by atoms with Crippen LogP contribution in [0.4, 0.5) is 4.39 Å². The molecule has 2 heterocycles. The van der Waals surface area contributed by atoms with Gasteiger partial charge in [0.1, 0.15) is 0 Å². The fraction of sp³-hybridized carbons (Fsp3) is 0.565. The Morgan fingerprint density at radius 1 is 1.17 bits per heavy atom. The Hall–Kier alpha value is -2.05. The van der Waals surface area contributed by atoms with Crippen LogP contribution in [0, 0.1) is 11.7 Å². The van der Waals surface area contributed by atoms with Crippen LogP contribution in [-0.2, 0) is 0 Å².